The molecule has 3 heterocycles. The second-order valence-corrected chi connectivity index (χ2v) is 6.98. The van der Waals surface area contributed by atoms with Gasteiger partial charge in [-0.3, -0.25) is 4.79 Å². The van der Waals surface area contributed by atoms with Crippen LogP contribution in [0.5, 0.6) is 0 Å². The van der Waals surface area contributed by atoms with Crippen molar-refractivity contribution in [2.45, 2.75) is 27.2 Å². The van der Waals surface area contributed by atoms with Crippen molar-refractivity contribution >= 4 is 35.2 Å². The highest BCUT2D eigenvalue weighted by Crippen LogP contribution is 2.32. The van der Waals surface area contributed by atoms with Gasteiger partial charge >= 0.3 is 5.97 Å². The zero-order chi connectivity index (χ0) is 21.7. The third-order valence-electron chi connectivity index (χ3n) is 4.55. The predicted molar refractivity (Wildman–Crippen MR) is 114 cm³/mol. The van der Waals surface area contributed by atoms with Crippen LogP contribution in [0.4, 0.5) is 11.6 Å². The molecule has 9 nitrogen and oxygen atoms in total. The molecule has 0 aliphatic carbocycles. The Morgan fingerprint density at radius 3 is 2.83 bits per heavy atom. The van der Waals surface area contributed by atoms with Gasteiger partial charge in [0.15, 0.2) is 0 Å². The molecule has 0 atom stereocenters. The van der Waals surface area contributed by atoms with Gasteiger partial charge < -0.3 is 24.7 Å². The van der Waals surface area contributed by atoms with E-state index in [0.717, 1.165) is 12.1 Å². The molecule has 0 saturated carbocycles. The maximum Gasteiger partial charge on any atom is 0.340 e. The van der Waals surface area contributed by atoms with Gasteiger partial charge in [-0.05, 0) is 32.4 Å². The lowest BCUT2D eigenvalue weighted by atomic mass is 10.1. The molecule has 9 heteroatoms. The van der Waals surface area contributed by atoms with E-state index < -0.39 is 5.97 Å². The van der Waals surface area contributed by atoms with Crippen LogP contribution in [0.3, 0.4) is 0 Å². The van der Waals surface area contributed by atoms with Crippen LogP contribution in [0.2, 0.25) is 0 Å². The Hall–Kier alpha value is -3.20. The summed E-state index contributed by atoms with van der Waals surface area (Å²) in [5, 5.41) is 2.77. The molecule has 1 aliphatic rings. The molecule has 0 unspecified atom stereocenters. The SMILES string of the molecule is CCCOCCN(C)c1ncc2c(n1)/C(=C/c1[nH]c(C)cc1C(=O)OCC)C(=O)N2. The molecule has 0 aromatic carbocycles. The number of ether oxygens (including phenoxy) is 2. The lowest BCUT2D eigenvalue weighted by molar-refractivity contribution is -0.110. The minimum atomic E-state index is -0.442. The molecule has 0 bridgehead atoms. The molecular weight excluding hydrogens is 386 g/mol. The van der Waals surface area contributed by atoms with Crippen molar-refractivity contribution < 1.29 is 19.1 Å². The third-order valence-corrected chi connectivity index (χ3v) is 4.55. The summed E-state index contributed by atoms with van der Waals surface area (Å²) in [6, 6.07) is 1.70. The van der Waals surface area contributed by atoms with E-state index in [1.54, 1.807) is 25.3 Å². The second-order valence-electron chi connectivity index (χ2n) is 6.98. The molecule has 0 fully saturated rings. The first kappa shape index (κ1) is 21.5. The van der Waals surface area contributed by atoms with Crippen LogP contribution >= 0.6 is 0 Å². The van der Waals surface area contributed by atoms with E-state index in [1.807, 2.05) is 18.9 Å². The number of hydrogen-bond donors (Lipinski definition) is 2. The summed E-state index contributed by atoms with van der Waals surface area (Å²) in [6.45, 7) is 7.82. The fourth-order valence-corrected chi connectivity index (χ4v) is 3.08. The molecule has 3 rings (SSSR count). The largest absolute Gasteiger partial charge is 0.462 e. The Balaban J connectivity index is 1.89. The zero-order valence-electron chi connectivity index (χ0n) is 17.7. The molecule has 0 radical (unpaired) electrons. The first-order chi connectivity index (χ1) is 14.4. The molecule has 160 valence electrons. The number of aromatic amines is 1. The van der Waals surface area contributed by atoms with Gasteiger partial charge in [0, 0.05) is 25.9 Å². The summed E-state index contributed by atoms with van der Waals surface area (Å²) >= 11 is 0. The molecule has 0 saturated heterocycles. The Morgan fingerprint density at radius 2 is 2.10 bits per heavy atom. The van der Waals surface area contributed by atoms with Gasteiger partial charge in [-0.25, -0.2) is 14.8 Å². The number of aromatic nitrogens is 3. The highest BCUT2D eigenvalue weighted by Gasteiger charge is 2.28. The number of anilines is 2. The van der Waals surface area contributed by atoms with E-state index in [2.05, 4.69) is 27.2 Å². The van der Waals surface area contributed by atoms with Crippen LogP contribution in [-0.2, 0) is 14.3 Å². The summed E-state index contributed by atoms with van der Waals surface area (Å²) in [5.41, 5.74) is 3.06. The van der Waals surface area contributed by atoms with E-state index >= 15 is 0 Å². The fraction of sp³-hybridized carbons (Fsp3) is 0.429. The van der Waals surface area contributed by atoms with Gasteiger partial charge in [-0.1, -0.05) is 6.92 Å². The molecule has 30 heavy (non-hydrogen) atoms. The lowest BCUT2D eigenvalue weighted by Gasteiger charge is -2.17. The number of likely N-dealkylation sites (N-methyl/N-ethyl adjacent to an activating group) is 1. The number of fused-ring (bicyclic) bond motifs is 1. The lowest BCUT2D eigenvalue weighted by Crippen LogP contribution is -2.24. The number of rotatable bonds is 9. The van der Waals surface area contributed by atoms with Crippen molar-refractivity contribution in [1.29, 1.82) is 0 Å². The van der Waals surface area contributed by atoms with E-state index in [-0.39, 0.29) is 12.5 Å². The Morgan fingerprint density at radius 1 is 1.30 bits per heavy atom. The van der Waals surface area contributed by atoms with Crippen molar-refractivity contribution in [2.75, 3.05) is 43.6 Å². The number of carbonyl (C=O) groups excluding carboxylic acids is 2. The average molecular weight is 413 g/mol. The van der Waals surface area contributed by atoms with Gasteiger partial charge in [0.1, 0.15) is 5.69 Å². The van der Waals surface area contributed by atoms with Crippen LogP contribution in [0.15, 0.2) is 12.3 Å². The summed E-state index contributed by atoms with van der Waals surface area (Å²) in [4.78, 5) is 38.7. The van der Waals surface area contributed by atoms with Crippen molar-refractivity contribution in [3.63, 3.8) is 0 Å². The fourth-order valence-electron chi connectivity index (χ4n) is 3.08. The summed E-state index contributed by atoms with van der Waals surface area (Å²) in [5.74, 6) is -0.250. The van der Waals surface area contributed by atoms with Crippen molar-refractivity contribution in [3.8, 4) is 0 Å². The number of esters is 1. The Labute approximate surface area is 175 Å². The predicted octanol–water partition coefficient (Wildman–Crippen LogP) is 2.65. The van der Waals surface area contributed by atoms with Gasteiger partial charge in [-0.15, -0.1) is 0 Å². The Bertz CT molecular complexity index is 966. The van der Waals surface area contributed by atoms with Gasteiger partial charge in [0.2, 0.25) is 5.95 Å². The summed E-state index contributed by atoms with van der Waals surface area (Å²) in [6.07, 6.45) is 4.18. The molecule has 2 aromatic rings. The molecule has 2 aromatic heterocycles. The van der Waals surface area contributed by atoms with Crippen molar-refractivity contribution in [3.05, 3.63) is 34.9 Å². The molecular formula is C21H27N5O4. The molecule has 0 spiro atoms. The van der Waals surface area contributed by atoms with Crippen molar-refractivity contribution in [2.24, 2.45) is 0 Å². The third kappa shape index (κ3) is 4.68. The number of nitrogens with one attached hydrogen (secondary N) is 2. The molecule has 1 aliphatic heterocycles. The number of H-pyrrole nitrogens is 1. The normalized spacial score (nSPS) is 14.0. The van der Waals surface area contributed by atoms with Crippen LogP contribution in [-0.4, -0.2) is 60.2 Å². The van der Waals surface area contributed by atoms with Crippen LogP contribution in [0.1, 0.15) is 47.7 Å². The highest BCUT2D eigenvalue weighted by molar-refractivity contribution is 6.34. The number of amides is 1. The minimum absolute atomic E-state index is 0.271. The van der Waals surface area contributed by atoms with Crippen molar-refractivity contribution in [1.82, 2.24) is 15.0 Å². The van der Waals surface area contributed by atoms with E-state index in [9.17, 15) is 9.59 Å². The maximum atomic E-state index is 12.6. The molecule has 1 amide bonds. The minimum Gasteiger partial charge on any atom is -0.462 e. The number of hydrogen-bond acceptors (Lipinski definition) is 7. The van der Waals surface area contributed by atoms with Gasteiger partial charge in [-0.2, -0.15) is 0 Å². The molecule has 2 N–H and O–H groups in total. The van der Waals surface area contributed by atoms with Gasteiger partial charge in [0.25, 0.3) is 5.91 Å². The average Bonchev–Trinajstić information content (AvgIpc) is 3.24. The zero-order valence-corrected chi connectivity index (χ0v) is 17.7. The smallest absolute Gasteiger partial charge is 0.340 e. The second kappa shape index (κ2) is 9.53. The standard InChI is InChI=1S/C21H27N5O4/c1-5-8-29-9-7-26(4)21-22-12-17-18(25-21)15(19(27)24-17)11-16-14(10-13(3)23-16)20(28)30-6-2/h10-12,23H,5-9H2,1-4H3,(H,24,27)/b15-11-. The maximum absolute atomic E-state index is 12.6. The topological polar surface area (TPSA) is 109 Å². The first-order valence-electron chi connectivity index (χ1n) is 10.0. The first-order valence-corrected chi connectivity index (χ1v) is 10.0. The van der Waals surface area contributed by atoms with Crippen LogP contribution in [0, 0.1) is 6.92 Å². The van der Waals surface area contributed by atoms with Crippen LogP contribution in [0.25, 0.3) is 11.6 Å². The van der Waals surface area contributed by atoms with E-state index in [1.165, 1.54) is 0 Å². The summed E-state index contributed by atoms with van der Waals surface area (Å²) in [7, 11) is 1.87. The Kier molecular flexibility index (Phi) is 6.83. The number of aryl methyl sites for hydroxylation is 1. The van der Waals surface area contributed by atoms with E-state index in [0.29, 0.717) is 53.9 Å². The van der Waals surface area contributed by atoms with E-state index in [4.69, 9.17) is 9.47 Å². The van der Waals surface area contributed by atoms with Crippen LogP contribution < -0.4 is 10.2 Å². The quantitative estimate of drug-likeness (QED) is 0.369. The summed E-state index contributed by atoms with van der Waals surface area (Å²) < 4.78 is 10.6. The monoisotopic (exact) mass is 413 g/mol. The number of carbonyl (C=O) groups is 2. The van der Waals surface area contributed by atoms with Gasteiger partial charge in [0.05, 0.1) is 41.9 Å². The highest BCUT2D eigenvalue weighted by atomic mass is 16.5. The number of nitrogens with zero attached hydrogens (tertiary/aromatic N) is 3.